The van der Waals surface area contributed by atoms with E-state index in [1.165, 1.54) is 5.56 Å². The molecule has 0 radical (unpaired) electrons. The molecule has 0 bridgehead atoms. The molecule has 1 N–H and O–H groups in total. The van der Waals surface area contributed by atoms with Gasteiger partial charge in [-0.15, -0.1) is 12.4 Å². The van der Waals surface area contributed by atoms with E-state index < -0.39 is 0 Å². The summed E-state index contributed by atoms with van der Waals surface area (Å²) in [6.07, 6.45) is 3.57. The summed E-state index contributed by atoms with van der Waals surface area (Å²) in [7, 11) is 2.00. The second kappa shape index (κ2) is 8.65. The molecule has 5 heteroatoms. The van der Waals surface area contributed by atoms with Crippen molar-refractivity contribution < 1.29 is 4.79 Å². The second-order valence-corrected chi connectivity index (χ2v) is 5.99. The van der Waals surface area contributed by atoms with Gasteiger partial charge < -0.3 is 10.2 Å². The Hall–Kier alpha value is -0.580. The molecule has 0 unspecified atom stereocenters. The molecular formula is C15H22BrClN2O. The first-order valence-electron chi connectivity index (χ1n) is 6.88. The third kappa shape index (κ3) is 5.08. The molecule has 0 aromatic heterocycles. The van der Waals surface area contributed by atoms with Crippen LogP contribution in [-0.2, 0) is 11.2 Å². The highest BCUT2D eigenvalue weighted by atomic mass is 79.9. The molecule has 0 aliphatic carbocycles. The molecule has 1 heterocycles. The first-order chi connectivity index (χ1) is 9.19. The van der Waals surface area contributed by atoms with Gasteiger partial charge in [0.25, 0.3) is 0 Å². The highest BCUT2D eigenvalue weighted by Gasteiger charge is 2.21. The monoisotopic (exact) mass is 360 g/mol. The highest BCUT2D eigenvalue weighted by Crippen LogP contribution is 2.15. The number of nitrogens with zero attached hydrogens (tertiary/aromatic N) is 1. The Labute approximate surface area is 135 Å². The average molecular weight is 362 g/mol. The average Bonchev–Trinajstić information content (AvgIpc) is 2.45. The molecule has 0 atom stereocenters. The molecule has 1 fully saturated rings. The Morgan fingerprint density at radius 3 is 2.70 bits per heavy atom. The SMILES string of the molecule is CNC1CCN(C(=O)CCc2cccc(Br)c2)CC1.Cl. The van der Waals surface area contributed by atoms with Gasteiger partial charge >= 0.3 is 0 Å². The molecule has 0 saturated carbocycles. The summed E-state index contributed by atoms with van der Waals surface area (Å²) in [4.78, 5) is 14.2. The zero-order valence-corrected chi connectivity index (χ0v) is 14.2. The number of nitrogens with one attached hydrogen (secondary N) is 1. The van der Waals surface area contributed by atoms with E-state index in [1.54, 1.807) is 0 Å². The Balaban J connectivity index is 0.00000200. The van der Waals surface area contributed by atoms with Crippen LogP contribution < -0.4 is 5.32 Å². The molecule has 20 heavy (non-hydrogen) atoms. The lowest BCUT2D eigenvalue weighted by Gasteiger charge is -2.31. The number of benzene rings is 1. The van der Waals surface area contributed by atoms with Gasteiger partial charge in [-0.3, -0.25) is 4.79 Å². The van der Waals surface area contributed by atoms with Crippen LogP contribution in [0.5, 0.6) is 0 Å². The van der Waals surface area contributed by atoms with E-state index in [1.807, 2.05) is 24.1 Å². The summed E-state index contributed by atoms with van der Waals surface area (Å²) in [6, 6.07) is 8.76. The smallest absolute Gasteiger partial charge is 0.222 e. The van der Waals surface area contributed by atoms with E-state index in [4.69, 9.17) is 0 Å². The van der Waals surface area contributed by atoms with E-state index >= 15 is 0 Å². The van der Waals surface area contributed by atoms with Gasteiger partial charge in [0.2, 0.25) is 5.91 Å². The maximum atomic E-state index is 12.1. The van der Waals surface area contributed by atoms with Gasteiger partial charge in [0.1, 0.15) is 0 Å². The third-order valence-corrected chi connectivity index (χ3v) is 4.27. The lowest BCUT2D eigenvalue weighted by Crippen LogP contribution is -2.44. The van der Waals surface area contributed by atoms with E-state index in [0.717, 1.165) is 36.8 Å². The van der Waals surface area contributed by atoms with Crippen LogP contribution in [0, 0.1) is 0 Å². The Kier molecular flexibility index (Phi) is 7.56. The summed E-state index contributed by atoms with van der Waals surface area (Å²) >= 11 is 3.46. The quantitative estimate of drug-likeness (QED) is 0.894. The largest absolute Gasteiger partial charge is 0.343 e. The number of hydrogen-bond donors (Lipinski definition) is 1. The minimum absolute atomic E-state index is 0. The maximum absolute atomic E-state index is 12.1. The van der Waals surface area contributed by atoms with Gasteiger partial charge in [0.15, 0.2) is 0 Å². The van der Waals surface area contributed by atoms with Crippen LogP contribution in [0.15, 0.2) is 28.7 Å². The van der Waals surface area contributed by atoms with Crippen LogP contribution in [0.2, 0.25) is 0 Å². The van der Waals surface area contributed by atoms with Gasteiger partial charge in [-0.05, 0) is 44.0 Å². The fraction of sp³-hybridized carbons (Fsp3) is 0.533. The number of rotatable bonds is 4. The van der Waals surface area contributed by atoms with Gasteiger partial charge in [-0.1, -0.05) is 28.1 Å². The second-order valence-electron chi connectivity index (χ2n) is 5.07. The highest BCUT2D eigenvalue weighted by molar-refractivity contribution is 9.10. The van der Waals surface area contributed by atoms with Crippen LogP contribution in [0.4, 0.5) is 0 Å². The van der Waals surface area contributed by atoms with Crippen molar-refractivity contribution >= 4 is 34.2 Å². The molecule has 0 spiro atoms. The Morgan fingerprint density at radius 1 is 1.40 bits per heavy atom. The molecule has 3 nitrogen and oxygen atoms in total. The van der Waals surface area contributed by atoms with Crippen LogP contribution in [-0.4, -0.2) is 37.0 Å². The lowest BCUT2D eigenvalue weighted by atomic mass is 10.0. The van der Waals surface area contributed by atoms with Crippen LogP contribution in [0.1, 0.15) is 24.8 Å². The lowest BCUT2D eigenvalue weighted by molar-refractivity contribution is -0.132. The van der Waals surface area contributed by atoms with Crippen molar-refractivity contribution in [3.8, 4) is 0 Å². The minimum atomic E-state index is 0. The first-order valence-corrected chi connectivity index (χ1v) is 7.68. The molecule has 1 amide bonds. The molecule has 1 aliphatic rings. The predicted octanol–water partition coefficient (Wildman–Crippen LogP) is 3.01. The molecular weight excluding hydrogens is 340 g/mol. The van der Waals surface area contributed by atoms with Crippen molar-refractivity contribution in [2.75, 3.05) is 20.1 Å². The Morgan fingerprint density at radius 2 is 2.10 bits per heavy atom. The number of carbonyl (C=O) groups excluding carboxylic acids is 1. The van der Waals surface area contributed by atoms with E-state index in [9.17, 15) is 4.79 Å². The fourth-order valence-electron chi connectivity index (χ4n) is 2.52. The topological polar surface area (TPSA) is 32.3 Å². The molecule has 1 aliphatic heterocycles. The normalized spacial score (nSPS) is 15.8. The fourth-order valence-corrected chi connectivity index (χ4v) is 2.97. The minimum Gasteiger partial charge on any atom is -0.343 e. The van der Waals surface area contributed by atoms with Crippen molar-refractivity contribution in [2.24, 2.45) is 0 Å². The maximum Gasteiger partial charge on any atom is 0.222 e. The van der Waals surface area contributed by atoms with Crippen molar-refractivity contribution in [3.63, 3.8) is 0 Å². The molecule has 112 valence electrons. The standard InChI is InChI=1S/C15H21BrN2O.ClH/c1-17-14-7-9-18(10-8-14)15(19)6-5-12-3-2-4-13(16)11-12;/h2-4,11,14,17H,5-10H2,1H3;1H. The number of hydrogen-bond acceptors (Lipinski definition) is 2. The summed E-state index contributed by atoms with van der Waals surface area (Å²) in [6.45, 7) is 1.78. The summed E-state index contributed by atoms with van der Waals surface area (Å²) in [5.41, 5.74) is 1.22. The summed E-state index contributed by atoms with van der Waals surface area (Å²) < 4.78 is 1.08. The van der Waals surface area contributed by atoms with Crippen molar-refractivity contribution in [1.29, 1.82) is 0 Å². The van der Waals surface area contributed by atoms with E-state index in [-0.39, 0.29) is 18.3 Å². The van der Waals surface area contributed by atoms with Crippen molar-refractivity contribution in [2.45, 2.75) is 31.7 Å². The van der Waals surface area contributed by atoms with Gasteiger partial charge in [0, 0.05) is 30.0 Å². The summed E-state index contributed by atoms with van der Waals surface area (Å²) in [5, 5.41) is 3.28. The number of halogens is 2. The van der Waals surface area contributed by atoms with Crippen LogP contribution in [0.25, 0.3) is 0 Å². The Bertz CT molecular complexity index is 434. The van der Waals surface area contributed by atoms with Crippen molar-refractivity contribution in [3.05, 3.63) is 34.3 Å². The van der Waals surface area contributed by atoms with E-state index in [0.29, 0.717) is 12.5 Å². The first kappa shape index (κ1) is 17.5. The van der Waals surface area contributed by atoms with Crippen LogP contribution in [0.3, 0.4) is 0 Å². The third-order valence-electron chi connectivity index (χ3n) is 3.77. The number of likely N-dealkylation sites (tertiary alicyclic amines) is 1. The van der Waals surface area contributed by atoms with Gasteiger partial charge in [0.05, 0.1) is 0 Å². The molecule has 2 rings (SSSR count). The van der Waals surface area contributed by atoms with Gasteiger partial charge in [-0.2, -0.15) is 0 Å². The number of amides is 1. The van der Waals surface area contributed by atoms with Gasteiger partial charge in [-0.25, -0.2) is 0 Å². The van der Waals surface area contributed by atoms with Crippen LogP contribution >= 0.6 is 28.3 Å². The number of carbonyl (C=O) groups is 1. The molecule has 1 aromatic rings. The van der Waals surface area contributed by atoms with E-state index in [2.05, 4.69) is 33.4 Å². The number of piperidine rings is 1. The zero-order valence-electron chi connectivity index (χ0n) is 11.8. The number of aryl methyl sites for hydroxylation is 1. The zero-order chi connectivity index (χ0) is 13.7. The molecule has 1 aromatic carbocycles. The predicted molar refractivity (Wildman–Crippen MR) is 88.4 cm³/mol. The molecule has 1 saturated heterocycles. The van der Waals surface area contributed by atoms with Crippen molar-refractivity contribution in [1.82, 2.24) is 10.2 Å². The summed E-state index contributed by atoms with van der Waals surface area (Å²) in [5.74, 6) is 0.287.